The molecule has 26 heavy (non-hydrogen) atoms. The van der Waals surface area contributed by atoms with Crippen molar-refractivity contribution in [1.82, 2.24) is 9.97 Å². The van der Waals surface area contributed by atoms with Crippen molar-refractivity contribution in [2.24, 2.45) is 0 Å². The Hall–Kier alpha value is -3.75. The summed E-state index contributed by atoms with van der Waals surface area (Å²) in [4.78, 5) is 31.7. The maximum Gasteiger partial charge on any atom is 0.513 e. The Bertz CT molecular complexity index is 1060. The van der Waals surface area contributed by atoms with Crippen LogP contribution in [0.1, 0.15) is 18.7 Å². The first kappa shape index (κ1) is 15.8. The number of hydrogen-bond donors (Lipinski definition) is 3. The molecule has 0 fully saturated rings. The number of aliphatic hydroxyl groups excluding tert-OH is 1. The number of carboxylic acid groups (broad SMARTS) is 1. The van der Waals surface area contributed by atoms with Crippen LogP contribution < -0.4 is 9.64 Å². The van der Waals surface area contributed by atoms with Crippen molar-refractivity contribution in [3.8, 4) is 5.95 Å². The predicted molar refractivity (Wildman–Crippen MR) is 89.0 cm³/mol. The number of furan rings is 1. The first-order chi connectivity index (χ1) is 12.5. The molecule has 0 radical (unpaired) electrons. The average Bonchev–Trinajstić information content (AvgIpc) is 3.29. The number of aliphatic hydroxyl groups is 1. The van der Waals surface area contributed by atoms with E-state index in [1.165, 1.54) is 17.0 Å². The summed E-state index contributed by atoms with van der Waals surface area (Å²) in [5, 5.41) is 18.8. The quantitative estimate of drug-likeness (QED) is 0.615. The van der Waals surface area contributed by atoms with Crippen LogP contribution in [-0.4, -0.2) is 32.2 Å². The van der Waals surface area contributed by atoms with E-state index in [-0.39, 0.29) is 17.5 Å². The van der Waals surface area contributed by atoms with E-state index in [1.54, 1.807) is 31.5 Å². The fraction of sp³-hybridized carbons (Fsp3) is 0.118. The molecule has 0 saturated heterocycles. The molecule has 9 nitrogen and oxygen atoms in total. The van der Waals surface area contributed by atoms with Crippen LogP contribution in [0, 0.1) is 0 Å². The first-order valence-corrected chi connectivity index (χ1v) is 7.62. The highest BCUT2D eigenvalue weighted by Crippen LogP contribution is 2.41. The lowest BCUT2D eigenvalue weighted by atomic mass is 10.1. The van der Waals surface area contributed by atoms with Crippen molar-refractivity contribution in [2.75, 3.05) is 4.90 Å². The molecule has 4 rings (SSSR count). The fourth-order valence-electron chi connectivity index (χ4n) is 3.03. The number of carbonyl (C=O) groups excluding carboxylic acids is 1. The van der Waals surface area contributed by atoms with Gasteiger partial charge >= 0.3 is 6.16 Å². The van der Waals surface area contributed by atoms with E-state index in [9.17, 15) is 14.7 Å². The minimum Gasteiger partial charge on any atom is -0.503 e. The van der Waals surface area contributed by atoms with Gasteiger partial charge in [-0.2, -0.15) is 0 Å². The molecule has 3 heterocycles. The number of H-pyrrole nitrogens is 1. The third kappa shape index (κ3) is 2.37. The normalized spacial score (nSPS) is 17.3. The lowest BCUT2D eigenvalue weighted by molar-refractivity contribution is -0.117. The van der Waals surface area contributed by atoms with Gasteiger partial charge in [0.25, 0.3) is 11.9 Å². The van der Waals surface area contributed by atoms with Crippen LogP contribution in [-0.2, 0) is 4.79 Å². The molecule has 2 aromatic heterocycles. The van der Waals surface area contributed by atoms with Gasteiger partial charge in [0.15, 0.2) is 5.76 Å². The molecule has 1 aromatic carbocycles. The number of benzene rings is 1. The number of rotatable bonds is 3. The van der Waals surface area contributed by atoms with Crippen LogP contribution in [0.2, 0.25) is 0 Å². The number of anilines is 1. The Labute approximate surface area is 146 Å². The maximum atomic E-state index is 12.6. The van der Waals surface area contributed by atoms with Crippen LogP contribution in [0.25, 0.3) is 11.0 Å². The number of nitrogens with one attached hydrogen (secondary N) is 1. The highest BCUT2D eigenvalue weighted by molar-refractivity contribution is 6.09. The SMILES string of the molecule is CC1=C(O)C(=O)N(c2ccc3nc[nH]c3c2)C1c1ccc(OC(=O)O)o1. The third-order valence-corrected chi connectivity index (χ3v) is 4.20. The molecule has 1 unspecified atom stereocenters. The Balaban J connectivity index is 1.77. The molecule has 0 bridgehead atoms. The molecule has 0 aliphatic carbocycles. The van der Waals surface area contributed by atoms with Crippen LogP contribution in [0.15, 0.2) is 52.4 Å². The van der Waals surface area contributed by atoms with E-state index < -0.39 is 18.1 Å². The topological polar surface area (TPSA) is 129 Å². The number of ether oxygens (including phenoxy) is 1. The fourth-order valence-corrected chi connectivity index (χ4v) is 3.03. The van der Waals surface area contributed by atoms with Gasteiger partial charge in [0.05, 0.1) is 17.4 Å². The van der Waals surface area contributed by atoms with Crippen LogP contribution in [0.4, 0.5) is 10.5 Å². The van der Waals surface area contributed by atoms with Crippen molar-refractivity contribution < 1.29 is 29.0 Å². The van der Waals surface area contributed by atoms with E-state index in [0.29, 0.717) is 11.3 Å². The Morgan fingerprint density at radius 1 is 1.35 bits per heavy atom. The van der Waals surface area contributed by atoms with Gasteiger partial charge < -0.3 is 24.4 Å². The summed E-state index contributed by atoms with van der Waals surface area (Å²) >= 11 is 0. The van der Waals surface area contributed by atoms with Gasteiger partial charge in [0.2, 0.25) is 0 Å². The van der Waals surface area contributed by atoms with Crippen molar-refractivity contribution >= 4 is 28.8 Å². The maximum absolute atomic E-state index is 12.6. The Morgan fingerprint density at radius 2 is 2.15 bits per heavy atom. The summed E-state index contributed by atoms with van der Waals surface area (Å²) in [5.74, 6) is -0.913. The molecule has 1 amide bonds. The lowest BCUT2D eigenvalue weighted by Gasteiger charge is -2.24. The highest BCUT2D eigenvalue weighted by atomic mass is 16.7. The summed E-state index contributed by atoms with van der Waals surface area (Å²) < 4.78 is 9.89. The van der Waals surface area contributed by atoms with Gasteiger partial charge in [-0.3, -0.25) is 9.69 Å². The Kier molecular flexibility index (Phi) is 3.43. The van der Waals surface area contributed by atoms with E-state index in [1.807, 2.05) is 0 Å². The molecule has 1 atom stereocenters. The zero-order valence-corrected chi connectivity index (χ0v) is 13.5. The van der Waals surface area contributed by atoms with Crippen molar-refractivity contribution in [2.45, 2.75) is 13.0 Å². The van der Waals surface area contributed by atoms with Gasteiger partial charge in [0.1, 0.15) is 11.8 Å². The van der Waals surface area contributed by atoms with Gasteiger partial charge in [-0.15, -0.1) is 0 Å². The van der Waals surface area contributed by atoms with Gasteiger partial charge in [-0.05, 0) is 31.2 Å². The highest BCUT2D eigenvalue weighted by Gasteiger charge is 2.41. The minimum atomic E-state index is -1.51. The monoisotopic (exact) mass is 355 g/mol. The van der Waals surface area contributed by atoms with E-state index in [0.717, 1.165) is 11.0 Å². The van der Waals surface area contributed by atoms with Crippen LogP contribution in [0.5, 0.6) is 5.95 Å². The van der Waals surface area contributed by atoms with Crippen LogP contribution in [0.3, 0.4) is 0 Å². The van der Waals surface area contributed by atoms with Gasteiger partial charge in [-0.1, -0.05) is 0 Å². The van der Waals surface area contributed by atoms with Crippen LogP contribution >= 0.6 is 0 Å². The third-order valence-electron chi connectivity index (χ3n) is 4.20. The lowest BCUT2D eigenvalue weighted by Crippen LogP contribution is -2.29. The number of nitrogens with zero attached hydrogens (tertiary/aromatic N) is 2. The number of aromatic nitrogens is 2. The second kappa shape index (κ2) is 5.66. The number of hydrogen-bond acceptors (Lipinski definition) is 6. The van der Waals surface area contributed by atoms with E-state index >= 15 is 0 Å². The zero-order valence-electron chi connectivity index (χ0n) is 13.5. The van der Waals surface area contributed by atoms with Crippen molar-refractivity contribution in [3.05, 3.63) is 53.8 Å². The summed E-state index contributed by atoms with van der Waals surface area (Å²) in [5.41, 5.74) is 2.38. The van der Waals surface area contributed by atoms with E-state index in [4.69, 9.17) is 9.52 Å². The van der Waals surface area contributed by atoms with Crippen molar-refractivity contribution in [3.63, 3.8) is 0 Å². The molecule has 3 N–H and O–H groups in total. The predicted octanol–water partition coefficient (Wildman–Crippen LogP) is 3.13. The smallest absolute Gasteiger partial charge is 0.503 e. The molecule has 1 aliphatic heterocycles. The molecule has 0 spiro atoms. The second-order valence-corrected chi connectivity index (χ2v) is 5.74. The number of amides is 1. The molecule has 9 heteroatoms. The number of imidazole rings is 1. The molecule has 1 aliphatic rings. The molecule has 3 aromatic rings. The number of carbonyl (C=O) groups is 2. The molecular formula is C17H13N3O6. The zero-order chi connectivity index (χ0) is 18.4. The van der Waals surface area contributed by atoms with E-state index in [2.05, 4.69) is 14.7 Å². The standard InChI is InChI=1S/C17H13N3O6/c1-8-14(12-4-5-13(25-12)26-17(23)24)20(16(22)15(8)21)9-2-3-10-11(6-9)19-7-18-10/h2-7,14,21H,1H3,(H,18,19)(H,23,24). The molecule has 0 saturated carbocycles. The molecule has 132 valence electrons. The summed E-state index contributed by atoms with van der Waals surface area (Å²) in [6.07, 6.45) is 0.0332. The summed E-state index contributed by atoms with van der Waals surface area (Å²) in [6.45, 7) is 1.60. The first-order valence-electron chi connectivity index (χ1n) is 7.62. The van der Waals surface area contributed by atoms with Gasteiger partial charge in [-0.25, -0.2) is 9.78 Å². The number of fused-ring (bicyclic) bond motifs is 1. The Morgan fingerprint density at radius 3 is 2.92 bits per heavy atom. The summed E-state index contributed by atoms with van der Waals surface area (Å²) in [6, 6.07) is 7.30. The average molecular weight is 355 g/mol. The molecular weight excluding hydrogens is 342 g/mol. The number of aromatic amines is 1. The largest absolute Gasteiger partial charge is 0.513 e. The summed E-state index contributed by atoms with van der Waals surface area (Å²) in [7, 11) is 0. The minimum absolute atomic E-state index is 0.219. The van der Waals surface area contributed by atoms with Gasteiger partial charge in [0, 0.05) is 17.3 Å². The second-order valence-electron chi connectivity index (χ2n) is 5.74. The van der Waals surface area contributed by atoms with Crippen molar-refractivity contribution in [1.29, 1.82) is 0 Å².